The number of aryl methyl sites for hydroxylation is 2. The number of hydrogen-bond donors (Lipinski definition) is 2. The van der Waals surface area contributed by atoms with Gasteiger partial charge in [0.05, 0.1) is 5.39 Å². The Morgan fingerprint density at radius 2 is 2.19 bits per heavy atom. The lowest BCUT2D eigenvalue weighted by Gasteiger charge is -2.16. The molecule has 2 aromatic heterocycles. The fraction of sp³-hybridized carbons (Fsp3) is 0.500. The molecule has 3 rings (SSSR count). The Labute approximate surface area is 131 Å². The van der Waals surface area contributed by atoms with Crippen molar-refractivity contribution in [1.29, 1.82) is 0 Å². The van der Waals surface area contributed by atoms with Crippen molar-refractivity contribution >= 4 is 44.9 Å². The van der Waals surface area contributed by atoms with Gasteiger partial charge in [0.15, 0.2) is 0 Å². The van der Waals surface area contributed by atoms with E-state index in [1.807, 2.05) is 6.92 Å². The number of nitrogens with zero attached hydrogens (tertiary/aromatic N) is 2. The highest BCUT2D eigenvalue weighted by Gasteiger charge is 2.23. The zero-order valence-corrected chi connectivity index (χ0v) is 13.2. The monoisotopic (exact) mass is 325 g/mol. The van der Waals surface area contributed by atoms with Gasteiger partial charge in [0, 0.05) is 4.88 Å². The maximum atomic E-state index is 11.2. The van der Waals surface area contributed by atoms with E-state index in [4.69, 9.17) is 11.6 Å². The normalized spacial score (nSPS) is 15.7. The van der Waals surface area contributed by atoms with Gasteiger partial charge in [-0.05, 0) is 49.3 Å². The van der Waals surface area contributed by atoms with Gasteiger partial charge in [-0.1, -0.05) is 6.92 Å². The molecule has 0 radical (unpaired) electrons. The SMILES string of the molecule is CCC(Nc1nc(Cl)nc2sc3c(c12)CCCC3)C(=O)O. The number of hydrogen-bond acceptors (Lipinski definition) is 5. The second kappa shape index (κ2) is 5.77. The van der Waals surface area contributed by atoms with Gasteiger partial charge >= 0.3 is 5.97 Å². The number of anilines is 1. The third-order valence-electron chi connectivity index (χ3n) is 3.80. The molecule has 0 bridgehead atoms. The Kier molecular flexibility index (Phi) is 3.99. The number of thiophene rings is 1. The summed E-state index contributed by atoms with van der Waals surface area (Å²) in [6.45, 7) is 1.83. The van der Waals surface area contributed by atoms with E-state index in [0.717, 1.165) is 29.5 Å². The summed E-state index contributed by atoms with van der Waals surface area (Å²) in [7, 11) is 0. The lowest BCUT2D eigenvalue weighted by molar-refractivity contribution is -0.137. The third-order valence-corrected chi connectivity index (χ3v) is 5.16. The van der Waals surface area contributed by atoms with Gasteiger partial charge in [0.1, 0.15) is 16.7 Å². The van der Waals surface area contributed by atoms with E-state index < -0.39 is 12.0 Å². The van der Waals surface area contributed by atoms with E-state index in [2.05, 4.69) is 15.3 Å². The number of carboxylic acid groups (broad SMARTS) is 1. The van der Waals surface area contributed by atoms with Crippen LogP contribution in [-0.4, -0.2) is 27.1 Å². The lowest BCUT2D eigenvalue weighted by Crippen LogP contribution is -2.29. The van der Waals surface area contributed by atoms with Crippen molar-refractivity contribution in [3.05, 3.63) is 15.7 Å². The zero-order chi connectivity index (χ0) is 15.0. The van der Waals surface area contributed by atoms with Crippen LogP contribution in [0.1, 0.15) is 36.6 Å². The van der Waals surface area contributed by atoms with Gasteiger partial charge in [-0.25, -0.2) is 14.8 Å². The highest BCUT2D eigenvalue weighted by molar-refractivity contribution is 7.19. The van der Waals surface area contributed by atoms with Gasteiger partial charge in [0.25, 0.3) is 0 Å². The Morgan fingerprint density at radius 3 is 2.90 bits per heavy atom. The first-order valence-corrected chi connectivity index (χ1v) is 8.26. The van der Waals surface area contributed by atoms with Gasteiger partial charge < -0.3 is 10.4 Å². The average Bonchev–Trinajstić information content (AvgIpc) is 2.81. The Hall–Kier alpha value is -1.40. The molecule has 21 heavy (non-hydrogen) atoms. The highest BCUT2D eigenvalue weighted by atomic mass is 35.5. The Bertz CT molecular complexity index is 701. The quantitative estimate of drug-likeness (QED) is 0.841. The number of aromatic nitrogens is 2. The van der Waals surface area contributed by atoms with Crippen molar-refractivity contribution in [2.45, 2.75) is 45.1 Å². The van der Waals surface area contributed by atoms with Crippen LogP contribution >= 0.6 is 22.9 Å². The molecular formula is C14H16ClN3O2S. The number of aliphatic carboxylic acids is 1. The molecule has 1 atom stereocenters. The van der Waals surface area contributed by atoms with Gasteiger partial charge in [-0.15, -0.1) is 11.3 Å². The summed E-state index contributed by atoms with van der Waals surface area (Å²) < 4.78 is 0. The van der Waals surface area contributed by atoms with E-state index in [0.29, 0.717) is 12.2 Å². The molecule has 0 spiro atoms. The molecule has 1 unspecified atom stereocenters. The van der Waals surface area contributed by atoms with Crippen LogP contribution in [0.3, 0.4) is 0 Å². The van der Waals surface area contributed by atoms with Crippen molar-refractivity contribution in [1.82, 2.24) is 9.97 Å². The predicted molar refractivity (Wildman–Crippen MR) is 84.4 cm³/mol. The summed E-state index contributed by atoms with van der Waals surface area (Å²) >= 11 is 7.64. The molecule has 5 nitrogen and oxygen atoms in total. The molecular weight excluding hydrogens is 310 g/mol. The smallest absolute Gasteiger partial charge is 0.326 e. The van der Waals surface area contributed by atoms with Gasteiger partial charge in [-0.2, -0.15) is 0 Å². The maximum Gasteiger partial charge on any atom is 0.326 e. The van der Waals surface area contributed by atoms with Crippen LogP contribution in [0.25, 0.3) is 10.2 Å². The number of nitrogens with one attached hydrogen (secondary N) is 1. The van der Waals surface area contributed by atoms with Crippen LogP contribution in [0.4, 0.5) is 5.82 Å². The van der Waals surface area contributed by atoms with Crippen LogP contribution in [0.5, 0.6) is 0 Å². The van der Waals surface area contributed by atoms with Crippen LogP contribution in [0.2, 0.25) is 5.28 Å². The average molecular weight is 326 g/mol. The van der Waals surface area contributed by atoms with Crippen LogP contribution in [-0.2, 0) is 17.6 Å². The van der Waals surface area contributed by atoms with Crippen molar-refractivity contribution in [2.24, 2.45) is 0 Å². The second-order valence-electron chi connectivity index (χ2n) is 5.18. The molecule has 1 aliphatic rings. The fourth-order valence-electron chi connectivity index (χ4n) is 2.74. The Balaban J connectivity index is 2.12. The third kappa shape index (κ3) is 2.70. The minimum absolute atomic E-state index is 0.156. The van der Waals surface area contributed by atoms with E-state index in [1.54, 1.807) is 11.3 Å². The molecule has 7 heteroatoms. The van der Waals surface area contributed by atoms with E-state index in [1.165, 1.54) is 16.9 Å². The summed E-state index contributed by atoms with van der Waals surface area (Å²) in [5.41, 5.74) is 1.26. The second-order valence-corrected chi connectivity index (χ2v) is 6.60. The molecule has 0 aromatic carbocycles. The molecule has 0 aliphatic heterocycles. The molecule has 1 aliphatic carbocycles. The molecule has 112 valence electrons. The van der Waals surface area contributed by atoms with Crippen molar-refractivity contribution in [2.75, 3.05) is 5.32 Å². The molecule has 0 fully saturated rings. The van der Waals surface area contributed by atoms with Gasteiger partial charge in [-0.3, -0.25) is 0 Å². The summed E-state index contributed by atoms with van der Waals surface area (Å²) in [6, 6.07) is -0.668. The van der Waals surface area contributed by atoms with Crippen molar-refractivity contribution in [3.63, 3.8) is 0 Å². The van der Waals surface area contributed by atoms with Crippen molar-refractivity contribution < 1.29 is 9.90 Å². The number of fused-ring (bicyclic) bond motifs is 3. The standard InChI is InChI=1S/C14H16ClN3O2S/c1-2-8(13(19)20)16-11-10-7-5-3-4-6-9(7)21-12(10)18-14(15)17-11/h8H,2-6H2,1H3,(H,19,20)(H,16,17,18). The largest absolute Gasteiger partial charge is 0.480 e. The molecule has 0 amide bonds. The molecule has 2 N–H and O–H groups in total. The van der Waals surface area contributed by atoms with Crippen LogP contribution in [0, 0.1) is 0 Å². The molecule has 2 heterocycles. The first-order valence-electron chi connectivity index (χ1n) is 7.07. The number of carboxylic acids is 1. The van der Waals surface area contributed by atoms with Gasteiger partial charge in [0.2, 0.25) is 5.28 Å². The molecule has 0 saturated carbocycles. The highest BCUT2D eigenvalue weighted by Crippen LogP contribution is 2.39. The number of rotatable bonds is 4. The summed E-state index contributed by atoms with van der Waals surface area (Å²) in [5.74, 6) is -0.330. The van der Waals surface area contributed by atoms with E-state index in [9.17, 15) is 9.90 Å². The topological polar surface area (TPSA) is 75.1 Å². The minimum Gasteiger partial charge on any atom is -0.480 e. The number of halogens is 1. The predicted octanol–water partition coefficient (Wildman–Crippen LogP) is 3.50. The van der Waals surface area contributed by atoms with E-state index in [-0.39, 0.29) is 5.28 Å². The van der Waals surface area contributed by atoms with E-state index >= 15 is 0 Å². The van der Waals surface area contributed by atoms with Crippen LogP contribution in [0.15, 0.2) is 0 Å². The summed E-state index contributed by atoms with van der Waals surface area (Å²) in [5, 5.41) is 13.4. The maximum absolute atomic E-state index is 11.2. The first-order chi connectivity index (χ1) is 10.1. The summed E-state index contributed by atoms with van der Waals surface area (Å²) in [4.78, 5) is 22.0. The van der Waals surface area contributed by atoms with Crippen LogP contribution < -0.4 is 5.32 Å². The Morgan fingerprint density at radius 1 is 1.43 bits per heavy atom. The molecule has 0 saturated heterocycles. The lowest BCUT2D eigenvalue weighted by atomic mass is 9.97. The summed E-state index contributed by atoms with van der Waals surface area (Å²) in [6.07, 6.45) is 4.88. The zero-order valence-electron chi connectivity index (χ0n) is 11.6. The molecule has 2 aromatic rings. The number of carbonyl (C=O) groups is 1. The first kappa shape index (κ1) is 14.5. The fourth-order valence-corrected chi connectivity index (χ4v) is 4.22. The minimum atomic E-state index is -0.885. The van der Waals surface area contributed by atoms with Crippen molar-refractivity contribution in [3.8, 4) is 0 Å².